The number of nitrogens with zero attached hydrogens (tertiary/aromatic N) is 4. The normalized spacial score (nSPS) is 10.4. The highest BCUT2D eigenvalue weighted by molar-refractivity contribution is 5.89. The van der Waals surface area contributed by atoms with Gasteiger partial charge in [-0.15, -0.1) is 0 Å². The SMILES string of the molecule is COC(=O)c1ccnc(Cn2nc(C)c([N+](=O)[O-])c2C)c1. The number of nitro groups is 1. The number of esters is 1. The first-order chi connectivity index (χ1) is 9.93. The Morgan fingerprint density at radius 2 is 2.19 bits per heavy atom. The Bertz CT molecular complexity index is 708. The standard InChI is InChI=1S/C13H14N4O4/c1-8-12(17(19)20)9(2)16(15-8)7-11-6-10(4-5-14-11)13(18)21-3/h4-6H,7H2,1-3H3. The molecule has 8 nitrogen and oxygen atoms in total. The van der Waals surface area contributed by atoms with Crippen LogP contribution >= 0.6 is 0 Å². The molecular formula is C13H14N4O4. The van der Waals surface area contributed by atoms with Gasteiger partial charge in [-0.05, 0) is 26.0 Å². The average molecular weight is 290 g/mol. The van der Waals surface area contributed by atoms with E-state index < -0.39 is 10.9 Å². The van der Waals surface area contributed by atoms with Crippen molar-refractivity contribution in [2.24, 2.45) is 0 Å². The van der Waals surface area contributed by atoms with Crippen LogP contribution in [0.2, 0.25) is 0 Å². The lowest BCUT2D eigenvalue weighted by atomic mass is 10.2. The van der Waals surface area contributed by atoms with Gasteiger partial charge < -0.3 is 4.74 Å². The molecular weight excluding hydrogens is 276 g/mol. The van der Waals surface area contributed by atoms with Gasteiger partial charge in [0.15, 0.2) is 0 Å². The average Bonchev–Trinajstić information content (AvgIpc) is 2.72. The summed E-state index contributed by atoms with van der Waals surface area (Å²) in [5.74, 6) is -0.460. The smallest absolute Gasteiger partial charge is 0.337 e. The lowest BCUT2D eigenvalue weighted by molar-refractivity contribution is -0.386. The van der Waals surface area contributed by atoms with Crippen LogP contribution in [-0.2, 0) is 11.3 Å². The summed E-state index contributed by atoms with van der Waals surface area (Å²) in [4.78, 5) is 26.1. The summed E-state index contributed by atoms with van der Waals surface area (Å²) < 4.78 is 6.14. The minimum absolute atomic E-state index is 0.000812. The lowest BCUT2D eigenvalue weighted by Crippen LogP contribution is -2.08. The van der Waals surface area contributed by atoms with Gasteiger partial charge in [0, 0.05) is 6.20 Å². The summed E-state index contributed by atoms with van der Waals surface area (Å²) in [5.41, 5.74) is 1.74. The molecule has 2 heterocycles. The molecule has 0 aliphatic heterocycles. The second-order valence-electron chi connectivity index (χ2n) is 4.46. The number of carbonyl (C=O) groups excluding carboxylic acids is 1. The molecule has 110 valence electrons. The molecule has 0 N–H and O–H groups in total. The van der Waals surface area contributed by atoms with Gasteiger partial charge in [-0.1, -0.05) is 0 Å². The molecule has 21 heavy (non-hydrogen) atoms. The number of ether oxygens (including phenoxy) is 1. The predicted octanol–water partition coefficient (Wildman–Crippen LogP) is 1.64. The fraction of sp³-hybridized carbons (Fsp3) is 0.308. The van der Waals surface area contributed by atoms with Crippen molar-refractivity contribution in [1.29, 1.82) is 0 Å². The first-order valence-electron chi connectivity index (χ1n) is 6.15. The van der Waals surface area contributed by atoms with Crippen LogP contribution in [0.1, 0.15) is 27.4 Å². The molecule has 0 saturated carbocycles. The Morgan fingerprint density at radius 3 is 2.76 bits per heavy atom. The van der Waals surface area contributed by atoms with Crippen molar-refractivity contribution < 1.29 is 14.5 Å². The highest BCUT2D eigenvalue weighted by Crippen LogP contribution is 2.22. The molecule has 0 amide bonds. The third-order valence-electron chi connectivity index (χ3n) is 3.08. The molecule has 0 radical (unpaired) electrons. The number of carbonyl (C=O) groups is 1. The molecule has 2 aromatic rings. The molecule has 0 aliphatic rings. The van der Waals surface area contributed by atoms with Crippen molar-refractivity contribution in [3.8, 4) is 0 Å². The minimum Gasteiger partial charge on any atom is -0.465 e. The van der Waals surface area contributed by atoms with Crippen LogP contribution in [0, 0.1) is 24.0 Å². The summed E-state index contributed by atoms with van der Waals surface area (Å²) in [6, 6.07) is 3.12. The van der Waals surface area contributed by atoms with Crippen LogP contribution in [0.25, 0.3) is 0 Å². The van der Waals surface area contributed by atoms with Gasteiger partial charge >= 0.3 is 11.7 Å². The van der Waals surface area contributed by atoms with E-state index in [-0.39, 0.29) is 12.2 Å². The Hall–Kier alpha value is -2.77. The third-order valence-corrected chi connectivity index (χ3v) is 3.08. The van der Waals surface area contributed by atoms with Crippen LogP contribution in [0.4, 0.5) is 5.69 Å². The largest absolute Gasteiger partial charge is 0.465 e. The molecule has 2 rings (SSSR count). The molecule has 8 heteroatoms. The number of pyridine rings is 1. The molecule has 0 aromatic carbocycles. The zero-order valence-corrected chi connectivity index (χ0v) is 11.9. The van der Waals surface area contributed by atoms with E-state index in [1.54, 1.807) is 26.0 Å². The fourth-order valence-electron chi connectivity index (χ4n) is 2.07. The Balaban J connectivity index is 2.33. The quantitative estimate of drug-likeness (QED) is 0.482. The number of hydrogen-bond donors (Lipinski definition) is 0. The Morgan fingerprint density at radius 1 is 1.48 bits per heavy atom. The van der Waals surface area contributed by atoms with Crippen LogP contribution in [0.15, 0.2) is 18.3 Å². The first kappa shape index (κ1) is 14.6. The van der Waals surface area contributed by atoms with E-state index in [2.05, 4.69) is 14.8 Å². The zero-order valence-electron chi connectivity index (χ0n) is 11.9. The molecule has 0 unspecified atom stereocenters. The predicted molar refractivity (Wildman–Crippen MR) is 73.0 cm³/mol. The molecule has 0 bridgehead atoms. The van der Waals surface area contributed by atoms with Gasteiger partial charge in [0.1, 0.15) is 11.4 Å². The maximum Gasteiger partial charge on any atom is 0.337 e. The van der Waals surface area contributed by atoms with Crippen LogP contribution < -0.4 is 0 Å². The molecule has 0 saturated heterocycles. The molecule has 0 aliphatic carbocycles. The van der Waals surface area contributed by atoms with Crippen molar-refractivity contribution in [1.82, 2.24) is 14.8 Å². The topological polar surface area (TPSA) is 100 Å². The highest BCUT2D eigenvalue weighted by Gasteiger charge is 2.22. The van der Waals surface area contributed by atoms with E-state index in [0.29, 0.717) is 22.6 Å². The number of aryl methyl sites for hydroxylation is 1. The van der Waals surface area contributed by atoms with Crippen molar-refractivity contribution in [3.63, 3.8) is 0 Å². The van der Waals surface area contributed by atoms with Crippen molar-refractivity contribution in [3.05, 3.63) is 51.1 Å². The second kappa shape index (κ2) is 5.70. The number of rotatable bonds is 4. The van der Waals surface area contributed by atoms with Gasteiger partial charge in [-0.25, -0.2) is 4.79 Å². The summed E-state index contributed by atoms with van der Waals surface area (Å²) in [6.07, 6.45) is 1.49. The van der Waals surface area contributed by atoms with E-state index in [4.69, 9.17) is 0 Å². The van der Waals surface area contributed by atoms with Crippen LogP contribution in [0.5, 0.6) is 0 Å². The van der Waals surface area contributed by atoms with Crippen molar-refractivity contribution in [2.45, 2.75) is 20.4 Å². The molecule has 2 aromatic heterocycles. The monoisotopic (exact) mass is 290 g/mol. The maximum absolute atomic E-state index is 11.5. The summed E-state index contributed by atoms with van der Waals surface area (Å²) in [5, 5.41) is 15.1. The zero-order chi connectivity index (χ0) is 15.6. The van der Waals surface area contributed by atoms with Gasteiger partial charge in [0.25, 0.3) is 0 Å². The van der Waals surface area contributed by atoms with Crippen molar-refractivity contribution in [2.75, 3.05) is 7.11 Å². The minimum atomic E-state index is -0.460. The summed E-state index contributed by atoms with van der Waals surface area (Å²) in [6.45, 7) is 3.45. The third kappa shape index (κ3) is 2.88. The van der Waals surface area contributed by atoms with E-state index in [1.807, 2.05) is 0 Å². The molecule has 0 fully saturated rings. The van der Waals surface area contributed by atoms with Gasteiger partial charge in [0.05, 0.1) is 29.8 Å². The van der Waals surface area contributed by atoms with E-state index >= 15 is 0 Å². The summed E-state index contributed by atoms with van der Waals surface area (Å²) in [7, 11) is 1.30. The molecule has 0 atom stereocenters. The number of hydrogen-bond acceptors (Lipinski definition) is 6. The second-order valence-corrected chi connectivity index (χ2v) is 4.46. The number of aromatic nitrogens is 3. The van der Waals surface area contributed by atoms with Crippen LogP contribution in [-0.4, -0.2) is 32.8 Å². The lowest BCUT2D eigenvalue weighted by Gasteiger charge is -2.05. The van der Waals surface area contributed by atoms with Crippen LogP contribution in [0.3, 0.4) is 0 Å². The fourth-order valence-corrected chi connectivity index (χ4v) is 2.07. The number of methoxy groups -OCH3 is 1. The highest BCUT2D eigenvalue weighted by atomic mass is 16.6. The Kier molecular flexibility index (Phi) is 3.97. The van der Waals surface area contributed by atoms with E-state index in [9.17, 15) is 14.9 Å². The first-order valence-corrected chi connectivity index (χ1v) is 6.15. The van der Waals surface area contributed by atoms with E-state index in [1.165, 1.54) is 18.0 Å². The summed E-state index contributed by atoms with van der Waals surface area (Å²) >= 11 is 0. The van der Waals surface area contributed by atoms with E-state index in [0.717, 1.165) is 0 Å². The van der Waals surface area contributed by atoms with Crippen molar-refractivity contribution >= 4 is 11.7 Å². The Labute approximate surface area is 120 Å². The van der Waals surface area contributed by atoms with Gasteiger partial charge in [0.2, 0.25) is 0 Å². The van der Waals surface area contributed by atoms with Gasteiger partial charge in [-0.3, -0.25) is 19.8 Å². The van der Waals surface area contributed by atoms with Gasteiger partial charge in [-0.2, -0.15) is 5.10 Å². The molecule has 0 spiro atoms. The maximum atomic E-state index is 11.5.